The fourth-order valence-electron chi connectivity index (χ4n) is 3.20. The molecule has 0 aliphatic rings. The molecule has 0 saturated carbocycles. The molecule has 0 saturated heterocycles. The molecule has 1 heterocycles. The van der Waals surface area contributed by atoms with E-state index in [1.807, 2.05) is 12.1 Å². The Kier molecular flexibility index (Phi) is 5.60. The summed E-state index contributed by atoms with van der Waals surface area (Å²) in [6.07, 6.45) is 0.799. The molecule has 4 aromatic rings. The Balaban J connectivity index is 1.81. The van der Waals surface area contributed by atoms with Crippen molar-refractivity contribution in [3.05, 3.63) is 105 Å². The summed E-state index contributed by atoms with van der Waals surface area (Å²) >= 11 is 3.99. The fraction of sp³-hybridized carbons (Fsp3) is 0.0833. The first-order valence-corrected chi connectivity index (χ1v) is 10.8. The van der Waals surface area contributed by atoms with E-state index in [0.717, 1.165) is 27.3 Å². The Morgan fingerprint density at radius 2 is 1.36 bits per heavy atom. The molecule has 28 heavy (non-hydrogen) atoms. The van der Waals surface area contributed by atoms with Gasteiger partial charge in [0.05, 0.1) is 0 Å². The molecule has 4 rings (SSSR count). The summed E-state index contributed by atoms with van der Waals surface area (Å²) in [5.41, 5.74) is 5.71. The molecule has 0 fully saturated rings. The molecule has 0 aliphatic carbocycles. The van der Waals surface area contributed by atoms with Crippen LogP contribution in [0.25, 0.3) is 20.9 Å². The molecule has 0 aliphatic heterocycles. The van der Waals surface area contributed by atoms with E-state index in [1.165, 1.54) is 44.5 Å². The minimum absolute atomic E-state index is 0.242. The average Bonchev–Trinajstić information content (AvgIpc) is 3.10. The van der Waals surface area contributed by atoms with Gasteiger partial charge >= 0.3 is 0 Å². The van der Waals surface area contributed by atoms with Crippen LogP contribution in [0.1, 0.15) is 16.7 Å². The lowest BCUT2D eigenvalue weighted by Crippen LogP contribution is -1.93. The molecule has 3 aromatic carbocycles. The predicted molar refractivity (Wildman–Crippen MR) is 122 cm³/mol. The summed E-state index contributed by atoms with van der Waals surface area (Å²) in [6, 6.07) is 21.8. The molecule has 4 heteroatoms. The Morgan fingerprint density at radius 1 is 0.750 bits per heavy atom. The van der Waals surface area contributed by atoms with E-state index < -0.39 is 0 Å². The van der Waals surface area contributed by atoms with Crippen molar-refractivity contribution in [3.8, 4) is 20.9 Å². The number of aryl methyl sites for hydroxylation is 1. The smallest absolute Gasteiger partial charge is 0.123 e. The van der Waals surface area contributed by atoms with Gasteiger partial charge in [-0.2, -0.15) is 0 Å². The van der Waals surface area contributed by atoms with Crippen LogP contribution in [0.5, 0.6) is 0 Å². The predicted octanol–water partition coefficient (Wildman–Crippen LogP) is 7.86. The molecule has 0 N–H and O–H groups in total. The summed E-state index contributed by atoms with van der Waals surface area (Å²) in [5.74, 6) is -0.483. The normalized spacial score (nSPS) is 11.0. The number of hydrogen-bond donors (Lipinski definition) is 0. The highest BCUT2D eigenvalue weighted by atomic mass is 127. The van der Waals surface area contributed by atoms with Crippen LogP contribution in [0.4, 0.5) is 8.78 Å². The van der Waals surface area contributed by atoms with Gasteiger partial charge in [-0.1, -0.05) is 30.3 Å². The van der Waals surface area contributed by atoms with E-state index in [-0.39, 0.29) is 11.6 Å². The third-order valence-electron chi connectivity index (χ3n) is 4.74. The van der Waals surface area contributed by atoms with E-state index in [9.17, 15) is 8.78 Å². The maximum absolute atomic E-state index is 13.4. The van der Waals surface area contributed by atoms with Gasteiger partial charge in [-0.3, -0.25) is 0 Å². The molecular formula is C24H17F2IS. The summed E-state index contributed by atoms with van der Waals surface area (Å²) in [7, 11) is 0. The molecule has 0 unspecified atom stereocenters. The Morgan fingerprint density at radius 3 is 2.00 bits per heavy atom. The highest BCUT2D eigenvalue weighted by molar-refractivity contribution is 14.1. The Hall–Kier alpha value is -2.05. The number of halogens is 3. The minimum atomic E-state index is -0.242. The van der Waals surface area contributed by atoms with Crippen molar-refractivity contribution >= 4 is 33.9 Å². The highest BCUT2D eigenvalue weighted by Gasteiger charge is 2.14. The largest absolute Gasteiger partial charge is 0.207 e. The molecule has 0 atom stereocenters. The summed E-state index contributed by atoms with van der Waals surface area (Å²) < 4.78 is 28.0. The zero-order chi connectivity index (χ0) is 19.7. The van der Waals surface area contributed by atoms with Gasteiger partial charge in [-0.05, 0) is 106 Å². The number of rotatable bonds is 4. The van der Waals surface area contributed by atoms with Gasteiger partial charge < -0.3 is 0 Å². The van der Waals surface area contributed by atoms with Gasteiger partial charge in [0, 0.05) is 13.3 Å². The van der Waals surface area contributed by atoms with Gasteiger partial charge in [0.2, 0.25) is 0 Å². The number of benzene rings is 3. The van der Waals surface area contributed by atoms with E-state index in [0.29, 0.717) is 0 Å². The van der Waals surface area contributed by atoms with Gasteiger partial charge in [0.25, 0.3) is 0 Å². The van der Waals surface area contributed by atoms with E-state index in [2.05, 4.69) is 53.8 Å². The monoisotopic (exact) mass is 502 g/mol. The number of thiophene rings is 1. The van der Waals surface area contributed by atoms with Crippen LogP contribution in [0.2, 0.25) is 0 Å². The minimum Gasteiger partial charge on any atom is -0.207 e. The summed E-state index contributed by atoms with van der Waals surface area (Å²) in [5, 5.41) is 0. The third-order valence-corrected chi connectivity index (χ3v) is 6.68. The van der Waals surface area contributed by atoms with E-state index in [4.69, 9.17) is 0 Å². The zero-order valence-corrected chi connectivity index (χ0v) is 18.2. The standard InChI is InChI=1S/C24H17F2IS/c1-15-2-11-22(27)13-18(15)12-19-14-23(16-3-7-20(25)8-4-16)28-24(19)17-5-9-21(26)10-6-17/h2-11,13-14H,12H2,1H3. The zero-order valence-electron chi connectivity index (χ0n) is 15.2. The average molecular weight is 502 g/mol. The van der Waals surface area contributed by atoms with Crippen molar-refractivity contribution in [2.24, 2.45) is 0 Å². The van der Waals surface area contributed by atoms with Crippen LogP contribution in [-0.4, -0.2) is 0 Å². The van der Waals surface area contributed by atoms with Crippen LogP contribution < -0.4 is 0 Å². The van der Waals surface area contributed by atoms with Crippen LogP contribution in [0, 0.1) is 22.1 Å². The third kappa shape index (κ3) is 4.18. The molecule has 0 bridgehead atoms. The molecule has 1 aromatic heterocycles. The SMILES string of the molecule is Cc1ccc(I)cc1Cc1cc(-c2ccc(F)cc2)sc1-c1ccc(F)cc1. The van der Waals surface area contributed by atoms with Crippen LogP contribution in [0.3, 0.4) is 0 Å². The summed E-state index contributed by atoms with van der Waals surface area (Å²) in [6.45, 7) is 2.12. The topological polar surface area (TPSA) is 0 Å². The summed E-state index contributed by atoms with van der Waals surface area (Å²) in [4.78, 5) is 2.20. The van der Waals surface area contributed by atoms with Crippen molar-refractivity contribution in [1.82, 2.24) is 0 Å². The molecule has 0 spiro atoms. The first kappa shape index (κ1) is 19.3. The first-order chi connectivity index (χ1) is 13.5. The van der Waals surface area contributed by atoms with Crippen molar-refractivity contribution in [3.63, 3.8) is 0 Å². The van der Waals surface area contributed by atoms with Crippen molar-refractivity contribution in [2.45, 2.75) is 13.3 Å². The van der Waals surface area contributed by atoms with Crippen LogP contribution in [-0.2, 0) is 6.42 Å². The highest BCUT2D eigenvalue weighted by Crippen LogP contribution is 2.39. The van der Waals surface area contributed by atoms with E-state index in [1.54, 1.807) is 23.5 Å². The maximum atomic E-state index is 13.4. The van der Waals surface area contributed by atoms with Gasteiger partial charge in [0.15, 0.2) is 0 Å². The van der Waals surface area contributed by atoms with Gasteiger partial charge in [0.1, 0.15) is 11.6 Å². The molecule has 0 nitrogen and oxygen atoms in total. The Bertz CT molecular complexity index is 1110. The fourth-order valence-corrected chi connectivity index (χ4v) is 4.94. The van der Waals surface area contributed by atoms with Crippen LogP contribution in [0.15, 0.2) is 72.8 Å². The maximum Gasteiger partial charge on any atom is 0.123 e. The van der Waals surface area contributed by atoms with Crippen LogP contribution >= 0.6 is 33.9 Å². The van der Waals surface area contributed by atoms with Gasteiger partial charge in [-0.15, -0.1) is 11.3 Å². The second-order valence-electron chi connectivity index (χ2n) is 6.73. The van der Waals surface area contributed by atoms with E-state index >= 15 is 0 Å². The molecule has 140 valence electrons. The van der Waals surface area contributed by atoms with Crippen molar-refractivity contribution in [1.29, 1.82) is 0 Å². The molecular weight excluding hydrogens is 485 g/mol. The lowest BCUT2D eigenvalue weighted by molar-refractivity contribution is 0.627. The molecule has 0 amide bonds. The second kappa shape index (κ2) is 8.13. The first-order valence-electron chi connectivity index (χ1n) is 8.89. The quantitative estimate of drug-likeness (QED) is 0.249. The number of hydrogen-bond acceptors (Lipinski definition) is 1. The lowest BCUT2D eigenvalue weighted by atomic mass is 9.98. The molecule has 0 radical (unpaired) electrons. The lowest BCUT2D eigenvalue weighted by Gasteiger charge is -2.08. The Labute approximate surface area is 181 Å². The second-order valence-corrected chi connectivity index (χ2v) is 9.02. The van der Waals surface area contributed by atoms with Crippen molar-refractivity contribution in [2.75, 3.05) is 0 Å². The van der Waals surface area contributed by atoms with Gasteiger partial charge in [-0.25, -0.2) is 8.78 Å². The van der Waals surface area contributed by atoms with Crippen molar-refractivity contribution < 1.29 is 8.78 Å².